The molecule has 3 heterocycles. The lowest BCUT2D eigenvalue weighted by Crippen LogP contribution is -2.21. The van der Waals surface area contributed by atoms with Crippen LogP contribution in [0.3, 0.4) is 0 Å². The lowest BCUT2D eigenvalue weighted by molar-refractivity contribution is -0.115. The SMILES string of the molecule is CCOC(=O)c1c(NC(=O)Cc2cn3ccccc3n2)sc(C(=O)N(C)C)c1C. The van der Waals surface area contributed by atoms with Gasteiger partial charge in [0.2, 0.25) is 5.91 Å². The molecule has 1 N–H and O–H groups in total. The zero-order valence-electron chi connectivity index (χ0n) is 16.7. The topological polar surface area (TPSA) is 93.0 Å². The maximum Gasteiger partial charge on any atom is 0.341 e. The summed E-state index contributed by atoms with van der Waals surface area (Å²) >= 11 is 1.07. The molecule has 29 heavy (non-hydrogen) atoms. The fraction of sp³-hybridized carbons (Fsp3) is 0.300. The summed E-state index contributed by atoms with van der Waals surface area (Å²) in [6.07, 6.45) is 3.67. The molecule has 3 aromatic rings. The fourth-order valence-corrected chi connectivity index (χ4v) is 4.10. The summed E-state index contributed by atoms with van der Waals surface area (Å²) in [6, 6.07) is 5.60. The lowest BCUT2D eigenvalue weighted by Gasteiger charge is -2.09. The number of aromatic nitrogens is 2. The molecule has 3 aromatic heterocycles. The van der Waals surface area contributed by atoms with Crippen molar-refractivity contribution in [2.75, 3.05) is 26.0 Å². The van der Waals surface area contributed by atoms with E-state index in [0.29, 0.717) is 21.1 Å². The van der Waals surface area contributed by atoms with Gasteiger partial charge < -0.3 is 19.4 Å². The lowest BCUT2D eigenvalue weighted by atomic mass is 10.1. The minimum Gasteiger partial charge on any atom is -0.462 e. The van der Waals surface area contributed by atoms with Crippen molar-refractivity contribution in [3.8, 4) is 0 Å². The number of carbonyl (C=O) groups excluding carboxylic acids is 3. The van der Waals surface area contributed by atoms with Gasteiger partial charge >= 0.3 is 5.97 Å². The van der Waals surface area contributed by atoms with Crippen molar-refractivity contribution in [1.29, 1.82) is 0 Å². The van der Waals surface area contributed by atoms with Gasteiger partial charge in [-0.3, -0.25) is 9.59 Å². The molecule has 8 nitrogen and oxygen atoms in total. The van der Waals surface area contributed by atoms with E-state index in [4.69, 9.17) is 4.74 Å². The number of nitrogens with one attached hydrogen (secondary N) is 1. The zero-order chi connectivity index (χ0) is 21.1. The number of carbonyl (C=O) groups is 3. The number of hydrogen-bond donors (Lipinski definition) is 1. The number of anilines is 1. The van der Waals surface area contributed by atoms with E-state index in [1.54, 1.807) is 34.1 Å². The average molecular weight is 414 g/mol. The van der Waals surface area contributed by atoms with Gasteiger partial charge in [-0.2, -0.15) is 0 Å². The van der Waals surface area contributed by atoms with Gasteiger partial charge in [-0.05, 0) is 31.5 Å². The van der Waals surface area contributed by atoms with Crippen LogP contribution >= 0.6 is 11.3 Å². The normalized spacial score (nSPS) is 10.8. The number of nitrogens with zero attached hydrogens (tertiary/aromatic N) is 3. The molecule has 0 aliphatic rings. The summed E-state index contributed by atoms with van der Waals surface area (Å²) in [4.78, 5) is 43.7. The summed E-state index contributed by atoms with van der Waals surface area (Å²) in [5.41, 5.74) is 2.05. The van der Waals surface area contributed by atoms with E-state index in [9.17, 15) is 14.4 Å². The van der Waals surface area contributed by atoms with Crippen LogP contribution in [0, 0.1) is 6.92 Å². The fourth-order valence-electron chi connectivity index (χ4n) is 2.87. The van der Waals surface area contributed by atoms with Gasteiger partial charge in [0.25, 0.3) is 5.91 Å². The molecule has 0 saturated heterocycles. The Morgan fingerprint density at radius 2 is 2.03 bits per heavy atom. The van der Waals surface area contributed by atoms with E-state index in [1.807, 2.05) is 28.8 Å². The molecule has 0 spiro atoms. The first-order valence-electron chi connectivity index (χ1n) is 9.06. The highest BCUT2D eigenvalue weighted by molar-refractivity contribution is 7.18. The quantitative estimate of drug-likeness (QED) is 0.626. The first-order chi connectivity index (χ1) is 13.8. The highest BCUT2D eigenvalue weighted by atomic mass is 32.1. The number of thiophene rings is 1. The summed E-state index contributed by atoms with van der Waals surface area (Å²) < 4.78 is 6.95. The number of amides is 2. The Balaban J connectivity index is 1.87. The molecule has 0 unspecified atom stereocenters. The predicted octanol–water partition coefficient (Wildman–Crippen LogP) is 2.76. The third kappa shape index (κ3) is 4.29. The monoisotopic (exact) mass is 414 g/mol. The van der Waals surface area contributed by atoms with Gasteiger partial charge in [0.1, 0.15) is 10.6 Å². The Morgan fingerprint density at radius 3 is 2.69 bits per heavy atom. The van der Waals surface area contributed by atoms with Crippen LogP contribution in [0.5, 0.6) is 0 Å². The van der Waals surface area contributed by atoms with Crippen molar-refractivity contribution < 1.29 is 19.1 Å². The Labute approximate surface area is 172 Å². The summed E-state index contributed by atoms with van der Waals surface area (Å²) in [5.74, 6) is -1.13. The van der Waals surface area contributed by atoms with E-state index in [1.165, 1.54) is 4.90 Å². The van der Waals surface area contributed by atoms with E-state index < -0.39 is 5.97 Å². The first-order valence-corrected chi connectivity index (χ1v) is 9.88. The Kier molecular flexibility index (Phi) is 5.97. The van der Waals surface area contributed by atoms with Gasteiger partial charge in [0, 0.05) is 26.5 Å². The molecule has 0 atom stereocenters. The van der Waals surface area contributed by atoms with Crippen molar-refractivity contribution in [1.82, 2.24) is 14.3 Å². The van der Waals surface area contributed by atoms with Crippen LogP contribution in [0.15, 0.2) is 30.6 Å². The molecular weight excluding hydrogens is 392 g/mol. The molecule has 152 valence electrons. The average Bonchev–Trinajstić information content (AvgIpc) is 3.21. The molecule has 0 bridgehead atoms. The molecule has 0 aromatic carbocycles. The smallest absolute Gasteiger partial charge is 0.341 e. The molecule has 0 saturated carbocycles. The number of esters is 1. The van der Waals surface area contributed by atoms with E-state index in [0.717, 1.165) is 17.0 Å². The van der Waals surface area contributed by atoms with Crippen molar-refractivity contribution >= 4 is 39.8 Å². The van der Waals surface area contributed by atoms with Gasteiger partial charge in [-0.1, -0.05) is 6.07 Å². The molecule has 0 fully saturated rings. The maximum absolute atomic E-state index is 12.6. The van der Waals surface area contributed by atoms with E-state index in [-0.39, 0.29) is 30.4 Å². The first kappa shape index (κ1) is 20.5. The second-order valence-electron chi connectivity index (χ2n) is 6.60. The predicted molar refractivity (Wildman–Crippen MR) is 111 cm³/mol. The molecular formula is C20H22N4O4S. The van der Waals surface area contributed by atoms with Crippen LogP contribution in [0.1, 0.15) is 38.2 Å². The minimum atomic E-state index is -0.568. The minimum absolute atomic E-state index is 0.0395. The van der Waals surface area contributed by atoms with Gasteiger partial charge in [-0.15, -0.1) is 11.3 Å². The third-order valence-electron chi connectivity index (χ3n) is 4.24. The molecule has 2 amide bonds. The molecule has 9 heteroatoms. The Bertz CT molecular complexity index is 1050. The van der Waals surface area contributed by atoms with Crippen molar-refractivity contribution in [3.05, 3.63) is 52.3 Å². The van der Waals surface area contributed by atoms with Crippen molar-refractivity contribution in [2.45, 2.75) is 20.3 Å². The summed E-state index contributed by atoms with van der Waals surface area (Å²) in [6.45, 7) is 3.57. The van der Waals surface area contributed by atoms with Crippen LogP contribution in [-0.2, 0) is 16.0 Å². The molecule has 0 aliphatic heterocycles. The standard InChI is InChI=1S/C20H22N4O4S/c1-5-28-20(27)16-12(2)17(19(26)23(3)4)29-18(16)22-15(25)10-13-11-24-9-7-6-8-14(24)21-13/h6-9,11H,5,10H2,1-4H3,(H,22,25). The largest absolute Gasteiger partial charge is 0.462 e. The summed E-state index contributed by atoms with van der Waals surface area (Å²) in [5, 5.41) is 3.06. The van der Waals surface area contributed by atoms with E-state index in [2.05, 4.69) is 10.3 Å². The number of pyridine rings is 1. The van der Waals surface area contributed by atoms with Crippen LogP contribution in [0.2, 0.25) is 0 Å². The van der Waals surface area contributed by atoms with Crippen LogP contribution < -0.4 is 5.32 Å². The second kappa shape index (κ2) is 8.44. The zero-order valence-corrected chi connectivity index (χ0v) is 17.5. The number of fused-ring (bicyclic) bond motifs is 1. The molecule has 0 radical (unpaired) electrons. The second-order valence-corrected chi connectivity index (χ2v) is 7.62. The highest BCUT2D eigenvalue weighted by Crippen LogP contribution is 2.34. The third-order valence-corrected chi connectivity index (χ3v) is 5.43. The van der Waals surface area contributed by atoms with Crippen molar-refractivity contribution in [3.63, 3.8) is 0 Å². The Morgan fingerprint density at radius 1 is 1.28 bits per heavy atom. The van der Waals surface area contributed by atoms with Crippen LogP contribution in [0.4, 0.5) is 5.00 Å². The van der Waals surface area contributed by atoms with Gasteiger partial charge in [0.05, 0.1) is 29.2 Å². The molecule has 3 rings (SSSR count). The highest BCUT2D eigenvalue weighted by Gasteiger charge is 2.27. The number of imidazole rings is 1. The Hall–Kier alpha value is -3.20. The number of hydrogen-bond acceptors (Lipinski definition) is 6. The maximum atomic E-state index is 12.6. The van der Waals surface area contributed by atoms with Gasteiger partial charge in [0.15, 0.2) is 0 Å². The number of rotatable bonds is 6. The number of ether oxygens (including phenoxy) is 1. The molecule has 0 aliphatic carbocycles. The van der Waals surface area contributed by atoms with Crippen LogP contribution in [0.25, 0.3) is 5.65 Å². The van der Waals surface area contributed by atoms with Crippen LogP contribution in [-0.4, -0.2) is 52.8 Å². The summed E-state index contributed by atoms with van der Waals surface area (Å²) in [7, 11) is 3.26. The van der Waals surface area contributed by atoms with Gasteiger partial charge in [-0.25, -0.2) is 9.78 Å². The van der Waals surface area contributed by atoms with E-state index >= 15 is 0 Å². The van der Waals surface area contributed by atoms with Crippen molar-refractivity contribution in [2.24, 2.45) is 0 Å².